The van der Waals surface area contributed by atoms with Crippen molar-refractivity contribution in [2.75, 3.05) is 19.6 Å². The van der Waals surface area contributed by atoms with Crippen LogP contribution in [0.4, 0.5) is 0 Å². The third kappa shape index (κ3) is 2.29. The van der Waals surface area contributed by atoms with Crippen molar-refractivity contribution in [2.45, 2.75) is 52.0 Å². The maximum absolute atomic E-state index is 5.96. The molecule has 84 valence electrons. The SMILES string of the molecule is CCC(CC)(CN)N1CCCC(C)C1. The van der Waals surface area contributed by atoms with Crippen molar-refractivity contribution >= 4 is 0 Å². The summed E-state index contributed by atoms with van der Waals surface area (Å²) < 4.78 is 0. The molecule has 2 N–H and O–H groups in total. The summed E-state index contributed by atoms with van der Waals surface area (Å²) in [6, 6.07) is 0. The van der Waals surface area contributed by atoms with Gasteiger partial charge in [-0.05, 0) is 38.1 Å². The topological polar surface area (TPSA) is 29.3 Å². The van der Waals surface area contributed by atoms with Crippen LogP contribution in [0.25, 0.3) is 0 Å². The second-order valence-corrected chi connectivity index (χ2v) is 4.83. The van der Waals surface area contributed by atoms with Crippen molar-refractivity contribution in [3.63, 3.8) is 0 Å². The van der Waals surface area contributed by atoms with Gasteiger partial charge in [0.25, 0.3) is 0 Å². The van der Waals surface area contributed by atoms with Crippen LogP contribution in [0.5, 0.6) is 0 Å². The summed E-state index contributed by atoms with van der Waals surface area (Å²) in [6.45, 7) is 10.2. The third-order valence-corrected chi connectivity index (χ3v) is 4.02. The normalized spacial score (nSPS) is 25.3. The molecule has 1 heterocycles. The molecule has 0 saturated carbocycles. The quantitative estimate of drug-likeness (QED) is 0.750. The molecule has 1 unspecified atom stereocenters. The van der Waals surface area contributed by atoms with E-state index in [4.69, 9.17) is 5.73 Å². The van der Waals surface area contributed by atoms with Crippen molar-refractivity contribution in [2.24, 2.45) is 11.7 Å². The van der Waals surface area contributed by atoms with Gasteiger partial charge in [0.2, 0.25) is 0 Å². The maximum atomic E-state index is 5.96. The molecule has 0 aliphatic carbocycles. The highest BCUT2D eigenvalue weighted by Crippen LogP contribution is 2.28. The van der Waals surface area contributed by atoms with E-state index in [1.165, 1.54) is 38.8 Å². The Bertz CT molecular complexity index is 155. The molecule has 2 nitrogen and oxygen atoms in total. The lowest BCUT2D eigenvalue weighted by molar-refractivity contribution is 0.0449. The van der Waals surface area contributed by atoms with E-state index in [1.807, 2.05) is 0 Å². The number of nitrogens with zero attached hydrogens (tertiary/aromatic N) is 1. The van der Waals surface area contributed by atoms with Crippen LogP contribution in [-0.4, -0.2) is 30.1 Å². The van der Waals surface area contributed by atoms with E-state index < -0.39 is 0 Å². The molecular formula is C12H26N2. The number of piperidine rings is 1. The molecule has 0 bridgehead atoms. The van der Waals surface area contributed by atoms with Crippen LogP contribution in [0.15, 0.2) is 0 Å². The zero-order chi connectivity index (χ0) is 10.6. The summed E-state index contributed by atoms with van der Waals surface area (Å²) in [4.78, 5) is 2.64. The lowest BCUT2D eigenvalue weighted by atomic mass is 9.86. The van der Waals surface area contributed by atoms with Crippen molar-refractivity contribution < 1.29 is 0 Å². The number of rotatable bonds is 4. The van der Waals surface area contributed by atoms with Gasteiger partial charge in [-0.25, -0.2) is 0 Å². The molecule has 1 fully saturated rings. The molecule has 1 atom stereocenters. The summed E-state index contributed by atoms with van der Waals surface area (Å²) in [6.07, 6.45) is 5.12. The first-order valence-electron chi connectivity index (χ1n) is 6.13. The first-order chi connectivity index (χ1) is 6.68. The molecule has 0 radical (unpaired) electrons. The van der Waals surface area contributed by atoms with Gasteiger partial charge in [0.05, 0.1) is 0 Å². The fraction of sp³-hybridized carbons (Fsp3) is 1.00. The van der Waals surface area contributed by atoms with Gasteiger partial charge in [0, 0.05) is 18.6 Å². The van der Waals surface area contributed by atoms with Crippen LogP contribution in [-0.2, 0) is 0 Å². The van der Waals surface area contributed by atoms with Gasteiger partial charge < -0.3 is 5.73 Å². The molecule has 2 heteroatoms. The molecule has 0 amide bonds. The Hall–Kier alpha value is -0.0800. The highest BCUT2D eigenvalue weighted by Gasteiger charge is 2.33. The van der Waals surface area contributed by atoms with Crippen LogP contribution in [0.1, 0.15) is 46.5 Å². The average molecular weight is 198 g/mol. The van der Waals surface area contributed by atoms with Crippen molar-refractivity contribution in [1.82, 2.24) is 4.90 Å². The Kier molecular flexibility index (Phi) is 4.39. The Morgan fingerprint density at radius 1 is 1.36 bits per heavy atom. The first-order valence-corrected chi connectivity index (χ1v) is 6.13. The molecule has 14 heavy (non-hydrogen) atoms. The Morgan fingerprint density at radius 2 is 2.00 bits per heavy atom. The predicted molar refractivity (Wildman–Crippen MR) is 62.3 cm³/mol. The van der Waals surface area contributed by atoms with Gasteiger partial charge in [-0.2, -0.15) is 0 Å². The largest absolute Gasteiger partial charge is 0.329 e. The van der Waals surface area contributed by atoms with Crippen LogP contribution in [0, 0.1) is 5.92 Å². The minimum Gasteiger partial charge on any atom is -0.329 e. The van der Waals surface area contributed by atoms with Crippen LogP contribution in [0.2, 0.25) is 0 Å². The fourth-order valence-electron chi connectivity index (χ4n) is 2.74. The Balaban J connectivity index is 2.66. The second-order valence-electron chi connectivity index (χ2n) is 4.83. The van der Waals surface area contributed by atoms with Gasteiger partial charge in [-0.1, -0.05) is 20.8 Å². The maximum Gasteiger partial charge on any atom is 0.0326 e. The lowest BCUT2D eigenvalue weighted by Gasteiger charge is -2.46. The third-order valence-electron chi connectivity index (χ3n) is 4.02. The van der Waals surface area contributed by atoms with E-state index >= 15 is 0 Å². The highest BCUT2D eigenvalue weighted by molar-refractivity contribution is 4.91. The van der Waals surface area contributed by atoms with Crippen molar-refractivity contribution in [1.29, 1.82) is 0 Å². The van der Waals surface area contributed by atoms with E-state index in [9.17, 15) is 0 Å². The first kappa shape index (κ1) is 12.0. The van der Waals surface area contributed by atoms with Crippen LogP contribution in [0.3, 0.4) is 0 Å². The standard InChI is InChI=1S/C12H26N2/c1-4-12(5-2,10-13)14-8-6-7-11(3)9-14/h11H,4-10,13H2,1-3H3. The molecule has 0 spiro atoms. The molecule has 1 aliphatic rings. The summed E-state index contributed by atoms with van der Waals surface area (Å²) in [5.41, 5.74) is 6.25. The summed E-state index contributed by atoms with van der Waals surface area (Å²) in [7, 11) is 0. The summed E-state index contributed by atoms with van der Waals surface area (Å²) >= 11 is 0. The molecule has 0 aromatic rings. The summed E-state index contributed by atoms with van der Waals surface area (Å²) in [5.74, 6) is 0.854. The number of hydrogen-bond donors (Lipinski definition) is 1. The van der Waals surface area contributed by atoms with E-state index in [1.54, 1.807) is 0 Å². The molecule has 0 aromatic carbocycles. The smallest absolute Gasteiger partial charge is 0.0326 e. The summed E-state index contributed by atoms with van der Waals surface area (Å²) in [5, 5.41) is 0. The monoisotopic (exact) mass is 198 g/mol. The number of nitrogens with two attached hydrogens (primary N) is 1. The lowest BCUT2D eigenvalue weighted by Crippen LogP contribution is -2.56. The van der Waals surface area contributed by atoms with E-state index in [-0.39, 0.29) is 5.54 Å². The van der Waals surface area contributed by atoms with E-state index in [0.717, 1.165) is 12.5 Å². The minimum atomic E-state index is 0.286. The number of likely N-dealkylation sites (tertiary alicyclic amines) is 1. The van der Waals surface area contributed by atoms with Crippen LogP contribution < -0.4 is 5.73 Å². The highest BCUT2D eigenvalue weighted by atomic mass is 15.2. The van der Waals surface area contributed by atoms with Crippen molar-refractivity contribution in [3.8, 4) is 0 Å². The second kappa shape index (κ2) is 5.13. The van der Waals surface area contributed by atoms with Gasteiger partial charge in [0.15, 0.2) is 0 Å². The fourth-order valence-corrected chi connectivity index (χ4v) is 2.74. The zero-order valence-corrected chi connectivity index (χ0v) is 10.1. The predicted octanol–water partition coefficient (Wildman–Crippen LogP) is 2.24. The molecule has 0 aromatic heterocycles. The van der Waals surface area contributed by atoms with Crippen LogP contribution >= 0.6 is 0 Å². The van der Waals surface area contributed by atoms with E-state index in [0.29, 0.717) is 0 Å². The average Bonchev–Trinajstić information content (AvgIpc) is 2.22. The van der Waals surface area contributed by atoms with E-state index in [2.05, 4.69) is 25.7 Å². The Labute approximate surface area is 88.8 Å². The number of hydrogen-bond acceptors (Lipinski definition) is 2. The van der Waals surface area contributed by atoms with Gasteiger partial charge >= 0.3 is 0 Å². The van der Waals surface area contributed by atoms with Crippen molar-refractivity contribution in [3.05, 3.63) is 0 Å². The molecule has 1 aliphatic heterocycles. The van der Waals surface area contributed by atoms with Gasteiger partial charge in [-0.15, -0.1) is 0 Å². The zero-order valence-electron chi connectivity index (χ0n) is 10.1. The molecule has 1 rings (SSSR count). The molecular weight excluding hydrogens is 172 g/mol. The molecule has 1 saturated heterocycles. The minimum absolute atomic E-state index is 0.286. The van der Waals surface area contributed by atoms with Gasteiger partial charge in [-0.3, -0.25) is 4.90 Å². The van der Waals surface area contributed by atoms with Gasteiger partial charge in [0.1, 0.15) is 0 Å². The Morgan fingerprint density at radius 3 is 2.43 bits per heavy atom.